The summed E-state index contributed by atoms with van der Waals surface area (Å²) < 4.78 is 37.5. The van der Waals surface area contributed by atoms with Gasteiger partial charge in [-0.2, -0.15) is 0 Å². The molecule has 10 nitrogen and oxygen atoms in total. The Balaban J connectivity index is 0.000000137. The molecular weight excluding hydrogens is 879 g/mol. The van der Waals surface area contributed by atoms with Crippen molar-refractivity contribution in [1.29, 1.82) is 0 Å². The molecule has 0 unspecified atom stereocenters. The predicted octanol–water partition coefficient (Wildman–Crippen LogP) is 10.5. The first kappa shape index (κ1) is 45.0. The molecule has 70 heavy (non-hydrogen) atoms. The van der Waals surface area contributed by atoms with E-state index in [9.17, 15) is 8.78 Å². The lowest BCUT2D eigenvalue weighted by Gasteiger charge is -2.70. The average Bonchev–Trinajstić information content (AvgIpc) is 4.13. The molecule has 4 aliphatic heterocycles. The van der Waals surface area contributed by atoms with Crippen LogP contribution in [0, 0.1) is 11.8 Å². The van der Waals surface area contributed by atoms with Crippen molar-refractivity contribution in [3.05, 3.63) is 119 Å². The minimum absolute atomic E-state index is 0.139. The molecule has 8 heterocycles. The Hall–Kier alpha value is -4.88. The quantitative estimate of drug-likeness (QED) is 0.112. The minimum atomic E-state index is -0.248. The van der Waals surface area contributed by atoms with E-state index in [0.29, 0.717) is 47.8 Å². The number of hydrogen-bond donors (Lipinski definition) is 2. The first-order valence-corrected chi connectivity index (χ1v) is 26.8. The van der Waals surface area contributed by atoms with Crippen molar-refractivity contribution >= 4 is 21.8 Å². The molecule has 6 aromatic rings. The highest BCUT2D eigenvalue weighted by molar-refractivity contribution is 5.86. The molecule has 8 fully saturated rings. The number of aromatic nitrogens is 4. The van der Waals surface area contributed by atoms with Gasteiger partial charge in [0.1, 0.15) is 12.2 Å². The van der Waals surface area contributed by atoms with E-state index < -0.39 is 0 Å². The maximum atomic E-state index is 12.5. The van der Waals surface area contributed by atoms with Crippen LogP contribution in [0.4, 0.5) is 8.78 Å². The van der Waals surface area contributed by atoms with Crippen LogP contribution in [0.15, 0.2) is 85.2 Å². The van der Waals surface area contributed by atoms with Crippen LogP contribution in [0.2, 0.25) is 0 Å². The summed E-state index contributed by atoms with van der Waals surface area (Å²) in [6.07, 6.45) is 17.8. The summed E-state index contributed by atoms with van der Waals surface area (Å²) in [7, 11) is 0. The molecule has 6 atom stereocenters. The Bertz CT molecular complexity index is 2600. The van der Waals surface area contributed by atoms with Gasteiger partial charge in [0.15, 0.2) is 0 Å². The standard InChI is InChI=1S/2C29H35FN4O/c2*1-19-13-24-23-5-2-3-6-25(23)32-27(24)28(34(19)29-14-20(15-29)16-29)21-7-8-26(31-17-21)35-22-9-12-33(18-22)11-4-10-30/h2*2-3,5-8,17,19-20,22,28,32H,4,9-16,18H2,1H3/t19-,20?,22+,28-,29?;19-,20?,22-,28-,29?/m11/s1. The van der Waals surface area contributed by atoms with Crippen LogP contribution in [0.25, 0.3) is 21.8 Å². The summed E-state index contributed by atoms with van der Waals surface area (Å²) in [6.45, 7) is 9.63. The Morgan fingerprint density at radius 2 is 1.01 bits per heavy atom. The van der Waals surface area contributed by atoms with Crippen LogP contribution in [-0.2, 0) is 12.8 Å². The average molecular weight is 949 g/mol. The van der Waals surface area contributed by atoms with Crippen molar-refractivity contribution in [2.24, 2.45) is 11.8 Å². The zero-order valence-electron chi connectivity index (χ0n) is 41.1. The van der Waals surface area contributed by atoms with Gasteiger partial charge >= 0.3 is 0 Å². The fraction of sp³-hybridized carbons (Fsp3) is 0.552. The first-order valence-electron chi connectivity index (χ1n) is 26.8. The van der Waals surface area contributed by atoms with Crippen molar-refractivity contribution in [1.82, 2.24) is 39.5 Å². The summed E-state index contributed by atoms with van der Waals surface area (Å²) in [4.78, 5) is 27.4. The van der Waals surface area contributed by atoms with Gasteiger partial charge in [-0.3, -0.25) is 28.4 Å². The summed E-state index contributed by atoms with van der Waals surface area (Å²) in [5.41, 5.74) is 11.3. The Morgan fingerprint density at radius 1 is 0.586 bits per heavy atom. The number of halogens is 2. The van der Waals surface area contributed by atoms with Crippen LogP contribution in [0.3, 0.4) is 0 Å². The summed E-state index contributed by atoms with van der Waals surface area (Å²) in [6, 6.07) is 27.5. The number of pyridine rings is 2. The number of hydrogen-bond acceptors (Lipinski definition) is 8. The lowest BCUT2D eigenvalue weighted by Crippen LogP contribution is -2.71. The van der Waals surface area contributed by atoms with E-state index in [1.807, 2.05) is 12.4 Å². The molecule has 6 aliphatic carbocycles. The van der Waals surface area contributed by atoms with Crippen molar-refractivity contribution < 1.29 is 18.3 Å². The largest absolute Gasteiger partial charge is 0.473 e. The molecule has 6 saturated carbocycles. The second-order valence-corrected chi connectivity index (χ2v) is 22.9. The number of rotatable bonds is 14. The lowest BCUT2D eigenvalue weighted by atomic mass is 9.48. The van der Waals surface area contributed by atoms with Crippen molar-refractivity contribution in [3.8, 4) is 11.8 Å². The number of alkyl halides is 2. The molecule has 10 aliphatic rings. The molecule has 2 aromatic carbocycles. The highest BCUT2D eigenvalue weighted by Crippen LogP contribution is 2.65. The van der Waals surface area contributed by atoms with Gasteiger partial charge in [-0.15, -0.1) is 0 Å². The Kier molecular flexibility index (Phi) is 11.6. The van der Waals surface area contributed by atoms with Gasteiger partial charge in [-0.05, 0) is 137 Å². The third-order valence-corrected chi connectivity index (χ3v) is 18.3. The van der Waals surface area contributed by atoms with Crippen LogP contribution in [0.1, 0.15) is 124 Å². The first-order chi connectivity index (χ1) is 34.3. The summed E-state index contributed by atoms with van der Waals surface area (Å²) in [5.74, 6) is 3.28. The zero-order chi connectivity index (χ0) is 47.1. The van der Waals surface area contributed by atoms with E-state index in [-0.39, 0.29) is 37.6 Å². The predicted molar refractivity (Wildman–Crippen MR) is 271 cm³/mol. The smallest absolute Gasteiger partial charge is 0.213 e. The fourth-order valence-electron chi connectivity index (χ4n) is 14.9. The third-order valence-electron chi connectivity index (χ3n) is 18.3. The number of para-hydroxylation sites is 2. The van der Waals surface area contributed by atoms with E-state index in [2.05, 4.69) is 116 Å². The van der Waals surface area contributed by atoms with Crippen LogP contribution in [-0.4, -0.2) is 128 Å². The molecule has 2 N–H and O–H groups in total. The van der Waals surface area contributed by atoms with E-state index in [1.165, 1.54) is 94.0 Å². The van der Waals surface area contributed by atoms with E-state index >= 15 is 0 Å². The maximum absolute atomic E-state index is 12.5. The minimum Gasteiger partial charge on any atom is -0.473 e. The SMILES string of the molecule is C[C@@H]1Cc2c([nH]c3ccccc23)[C@@H](c2ccc(O[C@@H]3CCN(CCCF)C3)nc2)N1C12CC(C1)C2.C[C@@H]1Cc2c([nH]c3ccccc23)[C@@H](c2ccc(O[C@H]3CCN(CCCF)C3)nc2)N1C12CC(C1)C2. The number of fused-ring (bicyclic) bond motifs is 6. The van der Waals surface area contributed by atoms with Crippen molar-refractivity contribution in [2.75, 3.05) is 52.6 Å². The van der Waals surface area contributed by atoms with E-state index in [0.717, 1.165) is 76.8 Å². The summed E-state index contributed by atoms with van der Waals surface area (Å²) >= 11 is 0. The van der Waals surface area contributed by atoms with Gasteiger partial charge in [-0.25, -0.2) is 9.97 Å². The fourth-order valence-corrected chi connectivity index (χ4v) is 14.9. The number of likely N-dealkylation sites (tertiary alicyclic amines) is 2. The molecule has 0 amide bonds. The van der Waals surface area contributed by atoms with E-state index in [1.54, 1.807) is 0 Å². The number of ether oxygens (including phenoxy) is 2. The Labute approximate surface area is 411 Å². The molecule has 368 valence electrons. The second-order valence-electron chi connectivity index (χ2n) is 22.9. The maximum Gasteiger partial charge on any atom is 0.213 e. The van der Waals surface area contributed by atoms with Crippen molar-refractivity contribution in [3.63, 3.8) is 0 Å². The van der Waals surface area contributed by atoms with Gasteiger partial charge in [0, 0.05) is 120 Å². The van der Waals surface area contributed by atoms with Gasteiger partial charge in [0.2, 0.25) is 11.8 Å². The Morgan fingerprint density at radius 3 is 1.39 bits per heavy atom. The van der Waals surface area contributed by atoms with Crippen LogP contribution in [0.5, 0.6) is 11.8 Å². The molecule has 2 saturated heterocycles. The van der Waals surface area contributed by atoms with Crippen molar-refractivity contribution in [2.45, 2.75) is 138 Å². The molecule has 4 bridgehead atoms. The van der Waals surface area contributed by atoms with E-state index in [4.69, 9.17) is 19.4 Å². The monoisotopic (exact) mass is 949 g/mol. The van der Waals surface area contributed by atoms with Gasteiger partial charge in [-0.1, -0.05) is 48.5 Å². The zero-order valence-corrected chi connectivity index (χ0v) is 41.1. The molecule has 0 radical (unpaired) electrons. The molecular formula is C58H70F2N8O2. The number of nitrogens with zero attached hydrogens (tertiary/aromatic N) is 6. The highest BCUT2D eigenvalue weighted by atomic mass is 19.1. The normalized spacial score (nSPS) is 32.3. The second kappa shape index (κ2) is 18.0. The molecule has 12 heteroatoms. The van der Waals surface area contributed by atoms with Crippen LogP contribution >= 0.6 is 0 Å². The lowest BCUT2D eigenvalue weighted by molar-refractivity contribution is -0.174. The molecule has 4 aromatic heterocycles. The van der Waals surface area contributed by atoms with Crippen LogP contribution < -0.4 is 9.47 Å². The van der Waals surface area contributed by atoms with Gasteiger partial charge < -0.3 is 19.4 Å². The number of H-pyrrole nitrogens is 2. The molecule has 16 rings (SSSR count). The number of benzene rings is 2. The number of nitrogens with one attached hydrogen (secondary N) is 2. The third kappa shape index (κ3) is 7.76. The summed E-state index contributed by atoms with van der Waals surface area (Å²) in [5, 5.41) is 2.73. The molecule has 0 spiro atoms. The topological polar surface area (TPSA) is 88.8 Å². The number of aromatic amines is 2. The highest BCUT2D eigenvalue weighted by Gasteiger charge is 2.64. The van der Waals surface area contributed by atoms with Gasteiger partial charge in [0.25, 0.3) is 0 Å². The van der Waals surface area contributed by atoms with Gasteiger partial charge in [0.05, 0.1) is 25.4 Å².